The van der Waals surface area contributed by atoms with Crippen molar-refractivity contribution >= 4 is 23.5 Å². The van der Waals surface area contributed by atoms with Crippen LogP contribution >= 0.6 is 0 Å². The normalized spacial score (nSPS) is 28.8. The summed E-state index contributed by atoms with van der Waals surface area (Å²) in [5.74, 6) is 1.33. The Labute approximate surface area is 178 Å². The summed E-state index contributed by atoms with van der Waals surface area (Å²) in [6.45, 7) is 3.34. The van der Waals surface area contributed by atoms with Gasteiger partial charge < -0.3 is 15.4 Å². The molecule has 0 heterocycles. The molecule has 4 aliphatic carbocycles. The van der Waals surface area contributed by atoms with Crippen molar-refractivity contribution in [2.75, 3.05) is 18.5 Å². The van der Waals surface area contributed by atoms with Crippen LogP contribution < -0.4 is 10.6 Å². The van der Waals surface area contributed by atoms with Gasteiger partial charge in [0.15, 0.2) is 6.61 Å². The maximum absolute atomic E-state index is 12.5. The van der Waals surface area contributed by atoms with Crippen molar-refractivity contribution in [3.8, 4) is 0 Å². The van der Waals surface area contributed by atoms with Gasteiger partial charge in [0.05, 0.1) is 0 Å². The largest absolute Gasteiger partial charge is 0.454 e. The van der Waals surface area contributed by atoms with Crippen LogP contribution in [0.1, 0.15) is 56.1 Å². The van der Waals surface area contributed by atoms with Crippen molar-refractivity contribution in [2.45, 2.75) is 58.8 Å². The highest BCUT2D eigenvalue weighted by atomic mass is 16.5. The Kier molecular flexibility index (Phi) is 5.85. The predicted molar refractivity (Wildman–Crippen MR) is 114 cm³/mol. The third-order valence-electron chi connectivity index (χ3n) is 7.15. The third-order valence-corrected chi connectivity index (χ3v) is 7.15. The Morgan fingerprint density at radius 2 is 1.63 bits per heavy atom. The van der Waals surface area contributed by atoms with Gasteiger partial charge in [-0.25, -0.2) is 0 Å². The van der Waals surface area contributed by atoms with E-state index in [1.54, 1.807) is 0 Å². The molecule has 0 radical (unpaired) electrons. The van der Waals surface area contributed by atoms with Crippen LogP contribution in [0.15, 0.2) is 18.2 Å². The van der Waals surface area contributed by atoms with E-state index < -0.39 is 11.9 Å². The summed E-state index contributed by atoms with van der Waals surface area (Å²) in [7, 11) is 0. The third kappa shape index (κ3) is 4.85. The maximum Gasteiger partial charge on any atom is 0.325 e. The van der Waals surface area contributed by atoms with E-state index in [2.05, 4.69) is 10.6 Å². The average Bonchev–Trinajstić information content (AvgIpc) is 2.65. The van der Waals surface area contributed by atoms with Gasteiger partial charge in [-0.15, -0.1) is 0 Å². The molecule has 4 bridgehead atoms. The number of esters is 1. The Bertz CT molecular complexity index is 812. The second kappa shape index (κ2) is 8.40. The second-order valence-corrected chi connectivity index (χ2v) is 9.90. The molecule has 5 rings (SSSR count). The van der Waals surface area contributed by atoms with Gasteiger partial charge in [0.1, 0.15) is 6.54 Å². The first-order valence-corrected chi connectivity index (χ1v) is 11.1. The lowest BCUT2D eigenvalue weighted by Crippen LogP contribution is -2.48. The average molecular weight is 413 g/mol. The minimum atomic E-state index is -0.593. The summed E-state index contributed by atoms with van der Waals surface area (Å²) in [5, 5.41) is 5.44. The molecule has 0 aromatic heterocycles. The number of rotatable bonds is 7. The van der Waals surface area contributed by atoms with Gasteiger partial charge in [0, 0.05) is 12.1 Å². The number of benzene rings is 1. The lowest BCUT2D eigenvalue weighted by atomic mass is 9.49. The van der Waals surface area contributed by atoms with E-state index in [1.807, 2.05) is 32.0 Å². The number of aryl methyl sites for hydroxylation is 2. The molecule has 4 aliphatic rings. The highest BCUT2D eigenvalue weighted by Gasteiger charge is 2.51. The van der Waals surface area contributed by atoms with E-state index >= 15 is 0 Å². The van der Waals surface area contributed by atoms with Gasteiger partial charge in [-0.1, -0.05) is 17.7 Å². The van der Waals surface area contributed by atoms with E-state index in [4.69, 9.17) is 4.74 Å². The highest BCUT2D eigenvalue weighted by molar-refractivity contribution is 5.93. The molecule has 6 heteroatoms. The Morgan fingerprint density at radius 1 is 1.00 bits per heavy atom. The van der Waals surface area contributed by atoms with Gasteiger partial charge in [-0.3, -0.25) is 14.4 Å². The minimum Gasteiger partial charge on any atom is -0.454 e. The summed E-state index contributed by atoms with van der Waals surface area (Å²) in [4.78, 5) is 36.5. The summed E-state index contributed by atoms with van der Waals surface area (Å²) in [6.07, 6.45) is 8.03. The number of ether oxygens (including phenoxy) is 1. The van der Waals surface area contributed by atoms with Crippen LogP contribution in [0.2, 0.25) is 0 Å². The van der Waals surface area contributed by atoms with Crippen LogP contribution in [0, 0.1) is 37.0 Å². The molecule has 1 aromatic carbocycles. The van der Waals surface area contributed by atoms with E-state index in [9.17, 15) is 14.4 Å². The molecule has 0 unspecified atom stereocenters. The maximum atomic E-state index is 12.5. The summed E-state index contributed by atoms with van der Waals surface area (Å²) in [6, 6.07) is 5.71. The first kappa shape index (κ1) is 20.9. The van der Waals surface area contributed by atoms with Crippen LogP contribution in [0.5, 0.6) is 0 Å². The van der Waals surface area contributed by atoms with Crippen molar-refractivity contribution in [1.29, 1.82) is 0 Å². The molecule has 0 atom stereocenters. The zero-order chi connectivity index (χ0) is 21.3. The van der Waals surface area contributed by atoms with Gasteiger partial charge in [-0.05, 0) is 87.2 Å². The fourth-order valence-electron chi connectivity index (χ4n) is 6.42. The number of hydrogen-bond donors (Lipinski definition) is 2. The molecule has 0 saturated heterocycles. The monoisotopic (exact) mass is 412 g/mol. The molecule has 0 aliphatic heterocycles. The number of hydrogen-bond acceptors (Lipinski definition) is 4. The molecular formula is C24H32N2O4. The van der Waals surface area contributed by atoms with Gasteiger partial charge in [0.25, 0.3) is 5.91 Å². The molecule has 4 fully saturated rings. The number of nitrogens with one attached hydrogen (secondary N) is 2. The van der Waals surface area contributed by atoms with Crippen LogP contribution in [0.3, 0.4) is 0 Å². The van der Waals surface area contributed by atoms with Crippen LogP contribution in [-0.2, 0) is 19.1 Å². The highest BCUT2D eigenvalue weighted by Crippen LogP contribution is 2.61. The first-order chi connectivity index (χ1) is 14.3. The summed E-state index contributed by atoms with van der Waals surface area (Å²) >= 11 is 0. The zero-order valence-electron chi connectivity index (χ0n) is 18.0. The molecule has 2 N–H and O–H groups in total. The fourth-order valence-corrected chi connectivity index (χ4v) is 6.42. The Morgan fingerprint density at radius 3 is 2.23 bits per heavy atom. The second-order valence-electron chi connectivity index (χ2n) is 9.90. The number of anilines is 1. The first-order valence-electron chi connectivity index (χ1n) is 11.1. The number of carbonyl (C=O) groups excluding carboxylic acids is 3. The van der Waals surface area contributed by atoms with Crippen molar-refractivity contribution < 1.29 is 19.1 Å². The Hall–Kier alpha value is -2.37. The number of carbonyl (C=O) groups is 3. The van der Waals surface area contributed by atoms with Crippen LogP contribution in [0.25, 0.3) is 0 Å². The molecule has 4 saturated carbocycles. The molecular weight excluding hydrogens is 380 g/mol. The molecule has 6 nitrogen and oxygen atoms in total. The van der Waals surface area contributed by atoms with Gasteiger partial charge in [0.2, 0.25) is 5.91 Å². The zero-order valence-corrected chi connectivity index (χ0v) is 18.0. The quantitative estimate of drug-likeness (QED) is 0.671. The van der Waals surface area contributed by atoms with Gasteiger partial charge >= 0.3 is 5.97 Å². The fraction of sp³-hybridized carbons (Fsp3) is 0.625. The molecule has 30 heavy (non-hydrogen) atoms. The lowest BCUT2D eigenvalue weighted by molar-refractivity contribution is -0.147. The van der Waals surface area contributed by atoms with E-state index in [0.29, 0.717) is 12.1 Å². The summed E-state index contributed by atoms with van der Waals surface area (Å²) < 4.78 is 5.02. The predicted octanol–water partition coefficient (Wildman–Crippen LogP) is 3.51. The van der Waals surface area contributed by atoms with Crippen molar-refractivity contribution in [3.05, 3.63) is 29.3 Å². The van der Waals surface area contributed by atoms with E-state index in [0.717, 1.165) is 48.1 Å². The lowest BCUT2D eigenvalue weighted by Gasteiger charge is -2.56. The molecule has 1 aromatic rings. The van der Waals surface area contributed by atoms with Crippen molar-refractivity contribution in [1.82, 2.24) is 5.32 Å². The Balaban J connectivity index is 1.18. The smallest absolute Gasteiger partial charge is 0.325 e. The topological polar surface area (TPSA) is 84.5 Å². The van der Waals surface area contributed by atoms with E-state index in [-0.39, 0.29) is 24.5 Å². The SMILES string of the molecule is Cc1ccc(NC(=O)COC(=O)CNC(=O)CC23CC4CC(CC(C4)C2)C3)c(C)c1. The molecule has 2 amide bonds. The van der Waals surface area contributed by atoms with Crippen LogP contribution in [0.4, 0.5) is 5.69 Å². The van der Waals surface area contributed by atoms with E-state index in [1.165, 1.54) is 19.3 Å². The van der Waals surface area contributed by atoms with Crippen molar-refractivity contribution in [2.24, 2.45) is 23.2 Å². The van der Waals surface area contributed by atoms with Gasteiger partial charge in [-0.2, -0.15) is 0 Å². The standard InChI is InChI=1S/C24H32N2O4/c1-15-3-4-20(16(2)5-15)26-22(28)14-30-23(29)13-25-21(27)12-24-9-17-6-18(10-24)8-19(7-17)11-24/h3-5,17-19H,6-14H2,1-2H3,(H,25,27)(H,26,28). The van der Waals surface area contributed by atoms with Crippen molar-refractivity contribution in [3.63, 3.8) is 0 Å². The summed E-state index contributed by atoms with van der Waals surface area (Å²) in [5.41, 5.74) is 2.91. The van der Waals surface area contributed by atoms with Crippen LogP contribution in [-0.4, -0.2) is 30.9 Å². The molecule has 0 spiro atoms. The molecule has 162 valence electrons. The minimum absolute atomic E-state index is 0.0753. The number of amides is 2.